The van der Waals surface area contributed by atoms with E-state index in [1.54, 1.807) is 0 Å². The summed E-state index contributed by atoms with van der Waals surface area (Å²) in [5, 5.41) is 3.06. The van der Waals surface area contributed by atoms with Crippen molar-refractivity contribution in [2.75, 3.05) is 37.6 Å². The number of amides is 2. The number of urea groups is 1. The molecule has 1 aliphatic carbocycles. The molecule has 1 N–H and O–H groups in total. The van der Waals surface area contributed by atoms with E-state index in [-0.39, 0.29) is 6.03 Å². The molecule has 1 saturated carbocycles. The number of aromatic nitrogens is 2. The molecular formula is C16H25N5O. The SMILES string of the molecule is Cc1cc(C)nc(N2CCN(C(=O)NCC3CCC3)CC2)n1. The summed E-state index contributed by atoms with van der Waals surface area (Å²) in [6.45, 7) is 7.85. The average Bonchev–Trinajstić information content (AvgIpc) is 2.44. The van der Waals surface area contributed by atoms with E-state index in [9.17, 15) is 4.79 Å². The molecule has 1 aromatic heterocycles. The molecular weight excluding hydrogens is 278 g/mol. The first-order valence-corrected chi connectivity index (χ1v) is 8.22. The highest BCUT2D eigenvalue weighted by molar-refractivity contribution is 5.74. The van der Waals surface area contributed by atoms with Crippen LogP contribution in [0.25, 0.3) is 0 Å². The van der Waals surface area contributed by atoms with Crippen molar-refractivity contribution in [1.29, 1.82) is 0 Å². The zero-order chi connectivity index (χ0) is 15.5. The maximum absolute atomic E-state index is 12.2. The number of aryl methyl sites for hydroxylation is 2. The number of carbonyl (C=O) groups excluding carboxylic acids is 1. The fraction of sp³-hybridized carbons (Fsp3) is 0.688. The zero-order valence-electron chi connectivity index (χ0n) is 13.5. The van der Waals surface area contributed by atoms with E-state index < -0.39 is 0 Å². The first kappa shape index (κ1) is 15.1. The van der Waals surface area contributed by atoms with Crippen molar-refractivity contribution >= 4 is 12.0 Å². The minimum absolute atomic E-state index is 0.0768. The number of anilines is 1. The van der Waals surface area contributed by atoms with Crippen LogP contribution in [-0.2, 0) is 0 Å². The summed E-state index contributed by atoms with van der Waals surface area (Å²) < 4.78 is 0. The number of nitrogens with zero attached hydrogens (tertiary/aromatic N) is 4. The summed E-state index contributed by atoms with van der Waals surface area (Å²) in [6, 6.07) is 2.06. The van der Waals surface area contributed by atoms with Crippen LogP contribution >= 0.6 is 0 Å². The van der Waals surface area contributed by atoms with Crippen LogP contribution in [0.4, 0.5) is 10.7 Å². The Morgan fingerprint density at radius 3 is 2.36 bits per heavy atom. The maximum atomic E-state index is 12.2. The molecule has 0 bridgehead atoms. The molecule has 6 heteroatoms. The molecule has 0 unspecified atom stereocenters. The van der Waals surface area contributed by atoms with Crippen molar-refractivity contribution in [2.45, 2.75) is 33.1 Å². The molecule has 2 aliphatic rings. The van der Waals surface area contributed by atoms with Gasteiger partial charge < -0.3 is 15.1 Å². The Hall–Kier alpha value is -1.85. The lowest BCUT2D eigenvalue weighted by Crippen LogP contribution is -2.53. The van der Waals surface area contributed by atoms with Gasteiger partial charge >= 0.3 is 6.03 Å². The van der Waals surface area contributed by atoms with Crippen LogP contribution in [0.15, 0.2) is 6.07 Å². The second-order valence-corrected chi connectivity index (χ2v) is 6.41. The molecule has 1 aromatic rings. The highest BCUT2D eigenvalue weighted by atomic mass is 16.2. The highest BCUT2D eigenvalue weighted by Gasteiger charge is 2.24. The molecule has 6 nitrogen and oxygen atoms in total. The Balaban J connectivity index is 1.49. The Morgan fingerprint density at radius 1 is 1.18 bits per heavy atom. The standard InChI is InChI=1S/C16H25N5O/c1-12-10-13(2)19-15(18-12)20-6-8-21(9-7-20)16(22)17-11-14-4-3-5-14/h10,14H,3-9,11H2,1-2H3,(H,17,22). The molecule has 2 amide bonds. The lowest BCUT2D eigenvalue weighted by atomic mass is 9.85. The summed E-state index contributed by atoms with van der Waals surface area (Å²) in [5.74, 6) is 1.49. The molecule has 0 spiro atoms. The van der Waals surface area contributed by atoms with E-state index >= 15 is 0 Å². The van der Waals surface area contributed by atoms with Gasteiger partial charge in [-0.15, -0.1) is 0 Å². The number of nitrogens with one attached hydrogen (secondary N) is 1. The van der Waals surface area contributed by atoms with Crippen LogP contribution in [0.5, 0.6) is 0 Å². The third-order valence-electron chi connectivity index (χ3n) is 4.59. The quantitative estimate of drug-likeness (QED) is 0.923. The van der Waals surface area contributed by atoms with Crippen molar-refractivity contribution in [3.8, 4) is 0 Å². The fourth-order valence-corrected chi connectivity index (χ4v) is 3.00. The molecule has 0 atom stereocenters. The van der Waals surface area contributed by atoms with Gasteiger partial charge in [-0.05, 0) is 38.7 Å². The van der Waals surface area contributed by atoms with Crippen LogP contribution in [-0.4, -0.2) is 53.6 Å². The molecule has 1 aliphatic heterocycles. The van der Waals surface area contributed by atoms with Gasteiger partial charge in [0.1, 0.15) is 0 Å². The van der Waals surface area contributed by atoms with Crippen LogP contribution in [0, 0.1) is 19.8 Å². The van der Waals surface area contributed by atoms with E-state index in [2.05, 4.69) is 20.2 Å². The summed E-state index contributed by atoms with van der Waals surface area (Å²) >= 11 is 0. The van der Waals surface area contributed by atoms with E-state index in [1.807, 2.05) is 24.8 Å². The normalized spacial score (nSPS) is 19.0. The van der Waals surface area contributed by atoms with Gasteiger partial charge in [0.25, 0.3) is 0 Å². The largest absolute Gasteiger partial charge is 0.338 e. The lowest BCUT2D eigenvalue weighted by molar-refractivity contribution is 0.188. The molecule has 3 rings (SSSR count). The minimum atomic E-state index is 0.0768. The minimum Gasteiger partial charge on any atom is -0.338 e. The molecule has 1 saturated heterocycles. The van der Waals surface area contributed by atoms with Gasteiger partial charge in [-0.1, -0.05) is 6.42 Å². The number of hydrogen-bond donors (Lipinski definition) is 1. The molecule has 2 fully saturated rings. The Bertz CT molecular complexity index is 515. The molecule has 2 heterocycles. The van der Waals surface area contributed by atoms with Crippen molar-refractivity contribution < 1.29 is 4.79 Å². The predicted octanol–water partition coefficient (Wildman–Crippen LogP) is 1.73. The third kappa shape index (κ3) is 3.48. The summed E-state index contributed by atoms with van der Waals surface area (Å²) in [4.78, 5) is 25.2. The topological polar surface area (TPSA) is 61.4 Å². The van der Waals surface area contributed by atoms with E-state index in [0.29, 0.717) is 5.92 Å². The Morgan fingerprint density at radius 2 is 1.82 bits per heavy atom. The first-order valence-electron chi connectivity index (χ1n) is 8.22. The van der Waals surface area contributed by atoms with Crippen LogP contribution in [0.2, 0.25) is 0 Å². The average molecular weight is 303 g/mol. The first-order chi connectivity index (χ1) is 10.6. The van der Waals surface area contributed by atoms with Gasteiger partial charge in [-0.3, -0.25) is 0 Å². The van der Waals surface area contributed by atoms with Crippen molar-refractivity contribution in [2.24, 2.45) is 5.92 Å². The van der Waals surface area contributed by atoms with E-state index in [4.69, 9.17) is 0 Å². The smallest absolute Gasteiger partial charge is 0.317 e. The highest BCUT2D eigenvalue weighted by Crippen LogP contribution is 2.25. The molecule has 22 heavy (non-hydrogen) atoms. The van der Waals surface area contributed by atoms with Gasteiger partial charge in [0.05, 0.1) is 0 Å². The zero-order valence-corrected chi connectivity index (χ0v) is 13.5. The van der Waals surface area contributed by atoms with Crippen molar-refractivity contribution in [1.82, 2.24) is 20.2 Å². The number of carbonyl (C=O) groups is 1. The van der Waals surface area contributed by atoms with Gasteiger partial charge in [0.15, 0.2) is 0 Å². The Kier molecular flexibility index (Phi) is 4.45. The maximum Gasteiger partial charge on any atom is 0.317 e. The fourth-order valence-electron chi connectivity index (χ4n) is 3.00. The van der Waals surface area contributed by atoms with Crippen molar-refractivity contribution in [3.05, 3.63) is 17.5 Å². The monoisotopic (exact) mass is 303 g/mol. The van der Waals surface area contributed by atoms with Gasteiger partial charge in [0, 0.05) is 44.1 Å². The second kappa shape index (κ2) is 6.50. The number of rotatable bonds is 3. The van der Waals surface area contributed by atoms with E-state index in [0.717, 1.165) is 50.1 Å². The third-order valence-corrected chi connectivity index (χ3v) is 4.59. The summed E-state index contributed by atoms with van der Waals surface area (Å²) in [7, 11) is 0. The number of piperazine rings is 1. The van der Waals surface area contributed by atoms with Crippen LogP contribution in [0.3, 0.4) is 0 Å². The Labute approximate surface area is 131 Å². The van der Waals surface area contributed by atoms with Crippen LogP contribution < -0.4 is 10.2 Å². The van der Waals surface area contributed by atoms with E-state index in [1.165, 1.54) is 19.3 Å². The van der Waals surface area contributed by atoms with Crippen LogP contribution in [0.1, 0.15) is 30.7 Å². The molecule has 0 radical (unpaired) electrons. The van der Waals surface area contributed by atoms with Gasteiger partial charge in [-0.25, -0.2) is 14.8 Å². The second-order valence-electron chi connectivity index (χ2n) is 6.41. The molecule has 120 valence electrons. The summed E-state index contributed by atoms with van der Waals surface area (Å²) in [6.07, 6.45) is 3.84. The molecule has 0 aromatic carbocycles. The van der Waals surface area contributed by atoms with Crippen molar-refractivity contribution in [3.63, 3.8) is 0 Å². The lowest BCUT2D eigenvalue weighted by Gasteiger charge is -2.35. The van der Waals surface area contributed by atoms with Gasteiger partial charge in [0.2, 0.25) is 5.95 Å². The number of hydrogen-bond acceptors (Lipinski definition) is 4. The predicted molar refractivity (Wildman–Crippen MR) is 86.0 cm³/mol. The van der Waals surface area contributed by atoms with Gasteiger partial charge in [-0.2, -0.15) is 0 Å². The summed E-state index contributed by atoms with van der Waals surface area (Å²) in [5.41, 5.74) is 1.98.